The Balaban J connectivity index is 0.00000264. The first-order chi connectivity index (χ1) is 10.6. The molecule has 132 valence electrons. The van der Waals surface area contributed by atoms with Crippen molar-refractivity contribution in [2.24, 2.45) is 4.99 Å². The number of rotatable bonds is 6. The zero-order valence-corrected chi connectivity index (χ0v) is 17.8. The van der Waals surface area contributed by atoms with Crippen LogP contribution in [0.25, 0.3) is 0 Å². The summed E-state index contributed by atoms with van der Waals surface area (Å²) in [7, 11) is 1.83. The molecule has 23 heavy (non-hydrogen) atoms. The van der Waals surface area contributed by atoms with Gasteiger partial charge in [-0.2, -0.15) is 0 Å². The van der Waals surface area contributed by atoms with Gasteiger partial charge in [0.05, 0.1) is 10.7 Å². The van der Waals surface area contributed by atoms with Crippen molar-refractivity contribution in [1.29, 1.82) is 0 Å². The van der Waals surface area contributed by atoms with Crippen molar-refractivity contribution in [3.05, 3.63) is 15.6 Å². The van der Waals surface area contributed by atoms with Crippen molar-refractivity contribution in [2.75, 3.05) is 33.2 Å². The summed E-state index contributed by atoms with van der Waals surface area (Å²) in [6.45, 7) is 10.7. The number of likely N-dealkylation sites (tertiary alicyclic amines) is 1. The molecular weight excluding hydrogens is 421 g/mol. The Morgan fingerprint density at radius 3 is 2.78 bits per heavy atom. The summed E-state index contributed by atoms with van der Waals surface area (Å²) in [5, 5.41) is 8.05. The first kappa shape index (κ1) is 20.6. The normalized spacial score (nSPS) is 18.8. The van der Waals surface area contributed by atoms with Crippen LogP contribution in [0.5, 0.6) is 0 Å². The van der Waals surface area contributed by atoms with E-state index in [1.807, 2.05) is 7.05 Å². The second kappa shape index (κ2) is 10.5. The first-order valence-corrected chi connectivity index (χ1v) is 9.07. The quantitative estimate of drug-likeness (QED) is 0.397. The van der Waals surface area contributed by atoms with Crippen molar-refractivity contribution in [1.82, 2.24) is 20.5 Å². The number of guanidine groups is 1. The van der Waals surface area contributed by atoms with Gasteiger partial charge in [-0.05, 0) is 39.8 Å². The fraction of sp³-hybridized carbons (Fsp3) is 0.750. The molecule has 2 rings (SSSR count). The molecule has 0 radical (unpaired) electrons. The van der Waals surface area contributed by atoms with E-state index < -0.39 is 0 Å². The highest BCUT2D eigenvalue weighted by Gasteiger charge is 2.22. The Morgan fingerprint density at radius 1 is 1.39 bits per heavy atom. The van der Waals surface area contributed by atoms with Crippen molar-refractivity contribution in [3.63, 3.8) is 0 Å². The zero-order valence-electron chi connectivity index (χ0n) is 14.7. The molecule has 1 aliphatic heterocycles. The van der Waals surface area contributed by atoms with E-state index in [2.05, 4.69) is 46.3 Å². The zero-order chi connectivity index (χ0) is 15.9. The molecule has 0 bridgehead atoms. The van der Waals surface area contributed by atoms with Gasteiger partial charge in [-0.3, -0.25) is 9.89 Å². The monoisotopic (exact) mass is 451 g/mol. The highest BCUT2D eigenvalue weighted by molar-refractivity contribution is 14.0. The number of hydrogen-bond acceptors (Lipinski definition) is 4. The van der Waals surface area contributed by atoms with Crippen LogP contribution in [0.4, 0.5) is 0 Å². The molecule has 0 saturated carbocycles. The molecule has 5 nitrogen and oxygen atoms in total. The van der Waals surface area contributed by atoms with E-state index in [1.54, 1.807) is 11.3 Å². The van der Waals surface area contributed by atoms with Gasteiger partial charge >= 0.3 is 0 Å². The van der Waals surface area contributed by atoms with E-state index >= 15 is 0 Å². The molecule has 0 aromatic carbocycles. The van der Waals surface area contributed by atoms with Crippen molar-refractivity contribution >= 4 is 41.3 Å². The summed E-state index contributed by atoms with van der Waals surface area (Å²) >= 11 is 1.79. The van der Waals surface area contributed by atoms with Crippen LogP contribution in [0.15, 0.2) is 4.99 Å². The number of aliphatic imine (C=N–C) groups is 1. The minimum atomic E-state index is 0. The number of thiazole rings is 1. The van der Waals surface area contributed by atoms with Crippen LogP contribution in [0.2, 0.25) is 0 Å². The lowest BCUT2D eigenvalue weighted by molar-refractivity contribution is 0.267. The average Bonchev–Trinajstić information content (AvgIpc) is 3.09. The van der Waals surface area contributed by atoms with E-state index in [-0.39, 0.29) is 24.0 Å². The Bertz CT molecular complexity index is 483. The Kier molecular flexibility index (Phi) is 9.38. The van der Waals surface area contributed by atoms with Crippen LogP contribution in [-0.4, -0.2) is 55.1 Å². The second-order valence-electron chi connectivity index (χ2n) is 5.80. The van der Waals surface area contributed by atoms with Gasteiger partial charge in [0.1, 0.15) is 0 Å². The number of likely N-dealkylation sites (N-methyl/N-ethyl adjacent to an activating group) is 1. The maximum Gasteiger partial charge on any atom is 0.191 e. The minimum Gasteiger partial charge on any atom is -0.356 e. The molecule has 1 aromatic heterocycles. The summed E-state index contributed by atoms with van der Waals surface area (Å²) in [6.07, 6.45) is 3.55. The lowest BCUT2D eigenvalue weighted by Gasteiger charge is -2.23. The third-order valence-corrected chi connectivity index (χ3v) is 5.47. The molecule has 1 atom stereocenters. The highest BCUT2D eigenvalue weighted by atomic mass is 127. The number of nitrogens with one attached hydrogen (secondary N) is 2. The predicted molar refractivity (Wildman–Crippen MR) is 110 cm³/mol. The standard InChI is InChI=1S/C16H29N5S.HI/c1-5-21-10-6-7-14(21)11-19-16(17-4)18-9-8-15-20-12(2)13(3)22-15;/h14H,5-11H2,1-4H3,(H2,17,18,19);1H. The number of halogens is 1. The largest absolute Gasteiger partial charge is 0.356 e. The number of nitrogens with zero attached hydrogens (tertiary/aromatic N) is 3. The maximum absolute atomic E-state index is 4.57. The molecule has 1 aliphatic rings. The summed E-state index contributed by atoms with van der Waals surface area (Å²) in [6, 6.07) is 0.646. The molecule has 7 heteroatoms. The van der Waals surface area contributed by atoms with Gasteiger partial charge in [0.2, 0.25) is 0 Å². The van der Waals surface area contributed by atoms with Gasteiger partial charge in [0, 0.05) is 37.5 Å². The number of aromatic nitrogens is 1. The fourth-order valence-electron chi connectivity index (χ4n) is 2.91. The van der Waals surface area contributed by atoms with Gasteiger partial charge in [-0.25, -0.2) is 4.98 Å². The molecule has 2 heterocycles. The van der Waals surface area contributed by atoms with Crippen LogP contribution in [0.1, 0.15) is 35.3 Å². The smallest absolute Gasteiger partial charge is 0.191 e. The van der Waals surface area contributed by atoms with Crippen molar-refractivity contribution < 1.29 is 0 Å². The predicted octanol–water partition coefficient (Wildman–Crippen LogP) is 2.57. The summed E-state index contributed by atoms with van der Waals surface area (Å²) in [5.74, 6) is 0.896. The van der Waals surface area contributed by atoms with Crippen LogP contribution in [0.3, 0.4) is 0 Å². The lowest BCUT2D eigenvalue weighted by Crippen LogP contribution is -2.45. The van der Waals surface area contributed by atoms with Gasteiger partial charge < -0.3 is 10.6 Å². The third-order valence-electron chi connectivity index (χ3n) is 4.34. The van der Waals surface area contributed by atoms with E-state index in [1.165, 1.54) is 29.3 Å². The van der Waals surface area contributed by atoms with Gasteiger partial charge in [-0.15, -0.1) is 35.3 Å². The van der Waals surface area contributed by atoms with E-state index in [9.17, 15) is 0 Å². The Labute approximate surface area is 161 Å². The van der Waals surface area contributed by atoms with Crippen molar-refractivity contribution in [3.8, 4) is 0 Å². The molecule has 1 aromatic rings. The van der Waals surface area contributed by atoms with Crippen LogP contribution >= 0.6 is 35.3 Å². The van der Waals surface area contributed by atoms with E-state index in [0.717, 1.165) is 37.7 Å². The summed E-state index contributed by atoms with van der Waals surface area (Å²) in [4.78, 5) is 12.7. The third kappa shape index (κ3) is 6.19. The topological polar surface area (TPSA) is 52.5 Å². The highest BCUT2D eigenvalue weighted by Crippen LogP contribution is 2.16. The lowest BCUT2D eigenvalue weighted by atomic mass is 10.2. The maximum atomic E-state index is 4.57. The van der Waals surface area contributed by atoms with Crippen molar-refractivity contribution in [2.45, 2.75) is 46.1 Å². The molecule has 0 amide bonds. The number of hydrogen-bond donors (Lipinski definition) is 2. The van der Waals surface area contributed by atoms with E-state index in [4.69, 9.17) is 0 Å². The summed E-state index contributed by atoms with van der Waals surface area (Å²) < 4.78 is 0. The average molecular weight is 451 g/mol. The first-order valence-electron chi connectivity index (χ1n) is 8.25. The summed E-state index contributed by atoms with van der Waals surface area (Å²) in [5.41, 5.74) is 1.16. The van der Waals surface area contributed by atoms with Gasteiger partial charge in [-0.1, -0.05) is 6.92 Å². The molecule has 0 aliphatic carbocycles. The van der Waals surface area contributed by atoms with E-state index in [0.29, 0.717) is 6.04 Å². The fourth-order valence-corrected chi connectivity index (χ4v) is 3.85. The van der Waals surface area contributed by atoms with Gasteiger partial charge in [0.25, 0.3) is 0 Å². The minimum absolute atomic E-state index is 0. The molecule has 1 unspecified atom stereocenters. The Morgan fingerprint density at radius 2 is 2.17 bits per heavy atom. The van der Waals surface area contributed by atoms with Gasteiger partial charge in [0.15, 0.2) is 5.96 Å². The van der Waals surface area contributed by atoms with Crippen LogP contribution in [0, 0.1) is 13.8 Å². The molecule has 1 fully saturated rings. The molecule has 1 saturated heterocycles. The number of aryl methyl sites for hydroxylation is 2. The van der Waals surface area contributed by atoms with Crippen LogP contribution < -0.4 is 10.6 Å². The molecular formula is C16H30IN5S. The molecule has 2 N–H and O–H groups in total. The van der Waals surface area contributed by atoms with Crippen LogP contribution in [-0.2, 0) is 6.42 Å². The Hall–Kier alpha value is -0.410. The SMILES string of the molecule is CCN1CCCC1CNC(=NC)NCCc1nc(C)c(C)s1.I. The second-order valence-corrected chi connectivity index (χ2v) is 7.09. The molecule has 0 spiro atoms.